The minimum atomic E-state index is -3.54. The highest BCUT2D eigenvalue weighted by molar-refractivity contribution is 7.89. The van der Waals surface area contributed by atoms with Crippen molar-refractivity contribution in [2.24, 2.45) is 5.73 Å². The Labute approximate surface area is 218 Å². The van der Waals surface area contributed by atoms with Gasteiger partial charge < -0.3 is 16.2 Å². The maximum Gasteiger partial charge on any atom is 0.240 e. The molecule has 0 saturated carbocycles. The minimum Gasteiger partial charge on any atom is -0.508 e. The molecule has 0 saturated heterocycles. The van der Waals surface area contributed by atoms with Crippen LogP contribution in [-0.2, 0) is 27.7 Å². The number of fused-ring (bicyclic) bond motifs is 1. The number of amides is 1. The van der Waals surface area contributed by atoms with Crippen molar-refractivity contribution in [3.8, 4) is 5.75 Å². The van der Waals surface area contributed by atoms with Crippen LogP contribution >= 0.6 is 0 Å². The molecule has 0 fully saturated rings. The van der Waals surface area contributed by atoms with Gasteiger partial charge in [0, 0.05) is 30.9 Å². The van der Waals surface area contributed by atoms with Gasteiger partial charge in [-0.1, -0.05) is 36.8 Å². The first kappa shape index (κ1) is 26.8. The summed E-state index contributed by atoms with van der Waals surface area (Å²) in [5.41, 5.74) is 9.51. The van der Waals surface area contributed by atoms with Crippen LogP contribution in [0.15, 0.2) is 78.0 Å². The number of hydrogen-bond donors (Lipinski definition) is 4. The zero-order valence-electron chi connectivity index (χ0n) is 20.7. The van der Waals surface area contributed by atoms with Crippen molar-refractivity contribution in [3.05, 3.63) is 89.7 Å². The lowest BCUT2D eigenvalue weighted by Gasteiger charge is -2.35. The molecule has 3 atom stereocenters. The molecule has 0 radical (unpaired) electrons. The minimum absolute atomic E-state index is 0.0390. The van der Waals surface area contributed by atoms with Crippen LogP contribution in [0.2, 0.25) is 0 Å². The summed E-state index contributed by atoms with van der Waals surface area (Å²) in [4.78, 5) is 17.4. The Balaban J connectivity index is 1.31. The van der Waals surface area contributed by atoms with Crippen molar-refractivity contribution in [1.82, 2.24) is 15.0 Å². The van der Waals surface area contributed by atoms with E-state index in [-0.39, 0.29) is 35.1 Å². The van der Waals surface area contributed by atoms with E-state index in [0.29, 0.717) is 25.7 Å². The zero-order valence-corrected chi connectivity index (χ0v) is 21.5. The Bertz CT molecular complexity index is 1290. The van der Waals surface area contributed by atoms with Gasteiger partial charge in [0.25, 0.3) is 0 Å². The van der Waals surface area contributed by atoms with Gasteiger partial charge in [-0.25, -0.2) is 13.1 Å². The molecule has 1 aliphatic carbocycles. The molecular weight excluding hydrogens is 488 g/mol. The number of unbranched alkanes of at least 4 members (excludes halogenated alkanes) is 1. The lowest BCUT2D eigenvalue weighted by atomic mass is 9.76. The number of carbonyl (C=O) groups is 1. The number of carbonyl (C=O) groups excluding carboxylic acids is 1. The first-order valence-corrected chi connectivity index (χ1v) is 14.1. The molecule has 4 rings (SSSR count). The fourth-order valence-corrected chi connectivity index (χ4v) is 5.99. The average molecular weight is 523 g/mol. The molecule has 5 N–H and O–H groups in total. The number of hydrogen-bond acceptors (Lipinski definition) is 6. The molecule has 1 aromatic heterocycles. The predicted molar refractivity (Wildman–Crippen MR) is 142 cm³/mol. The number of pyridine rings is 1. The van der Waals surface area contributed by atoms with Gasteiger partial charge in [-0.05, 0) is 79.1 Å². The van der Waals surface area contributed by atoms with Crippen LogP contribution in [0.3, 0.4) is 0 Å². The Morgan fingerprint density at radius 1 is 1.11 bits per heavy atom. The Hall–Kier alpha value is -3.27. The molecule has 2 aromatic carbocycles. The maximum atomic E-state index is 13.0. The normalized spacial score (nSPS) is 18.1. The highest BCUT2D eigenvalue weighted by Gasteiger charge is 2.32. The second-order valence-corrected chi connectivity index (χ2v) is 11.3. The van der Waals surface area contributed by atoms with Crippen molar-refractivity contribution >= 4 is 15.9 Å². The average Bonchev–Trinajstić information content (AvgIpc) is 2.90. The summed E-state index contributed by atoms with van der Waals surface area (Å²) in [7, 11) is -3.54. The molecule has 196 valence electrons. The van der Waals surface area contributed by atoms with Gasteiger partial charge >= 0.3 is 0 Å². The first-order valence-electron chi connectivity index (χ1n) is 12.6. The monoisotopic (exact) mass is 522 g/mol. The summed E-state index contributed by atoms with van der Waals surface area (Å²) in [6, 6.07) is 16.8. The van der Waals surface area contributed by atoms with Crippen LogP contribution < -0.4 is 15.8 Å². The fourth-order valence-electron chi connectivity index (χ4n) is 4.90. The number of phenols is 1. The van der Waals surface area contributed by atoms with Gasteiger partial charge in [-0.15, -0.1) is 0 Å². The number of phenolic OH excluding ortho intramolecular Hbond substituents is 1. The van der Waals surface area contributed by atoms with Crippen molar-refractivity contribution in [3.63, 3.8) is 0 Å². The smallest absolute Gasteiger partial charge is 0.240 e. The number of benzene rings is 2. The van der Waals surface area contributed by atoms with Crippen molar-refractivity contribution in [1.29, 1.82) is 0 Å². The van der Waals surface area contributed by atoms with Crippen LogP contribution in [0.25, 0.3) is 0 Å². The summed E-state index contributed by atoms with van der Waals surface area (Å²) in [6.45, 7) is 0.283. The molecule has 9 heteroatoms. The summed E-state index contributed by atoms with van der Waals surface area (Å²) < 4.78 is 27.2. The lowest BCUT2D eigenvalue weighted by Crippen LogP contribution is -2.49. The number of rotatable bonds is 11. The third kappa shape index (κ3) is 7.15. The number of nitrogens with zero attached hydrogens (tertiary/aromatic N) is 1. The molecule has 0 aliphatic heterocycles. The van der Waals surface area contributed by atoms with Crippen LogP contribution in [0.4, 0.5) is 0 Å². The third-order valence-electron chi connectivity index (χ3n) is 6.87. The topological polar surface area (TPSA) is 134 Å². The molecule has 0 bridgehead atoms. The van der Waals surface area contributed by atoms with E-state index in [4.69, 9.17) is 5.73 Å². The number of sulfonamides is 1. The summed E-state index contributed by atoms with van der Waals surface area (Å²) >= 11 is 0. The van der Waals surface area contributed by atoms with Crippen molar-refractivity contribution in [2.45, 2.75) is 61.4 Å². The number of nitrogens with one attached hydrogen (secondary N) is 2. The standard InChI is InChI=1S/C28H34N4O4S/c29-26(10-4-5-16-31-37(35,36)23-8-2-1-3-9-23)28(34)32-27-14-11-21-18-22(33)12-13-24(21)25(27)17-20-7-6-15-30-19-20/h1-3,6-9,12-13,15,18-19,25-27,31,33H,4-5,10-11,14,16-17,29H2,(H,32,34). The van der Waals surface area contributed by atoms with Crippen LogP contribution in [0.5, 0.6) is 5.75 Å². The van der Waals surface area contributed by atoms with Gasteiger partial charge in [0.05, 0.1) is 10.9 Å². The number of aryl methyl sites for hydroxylation is 1. The third-order valence-corrected chi connectivity index (χ3v) is 8.34. The van der Waals surface area contributed by atoms with Gasteiger partial charge in [-0.2, -0.15) is 0 Å². The number of aromatic nitrogens is 1. The van der Waals surface area contributed by atoms with Crippen molar-refractivity contribution in [2.75, 3.05) is 6.54 Å². The van der Waals surface area contributed by atoms with Crippen LogP contribution in [0.1, 0.15) is 48.3 Å². The zero-order chi connectivity index (χ0) is 26.3. The SMILES string of the molecule is NC(CCCCNS(=O)(=O)c1ccccc1)C(=O)NC1CCc2cc(O)ccc2C1Cc1cccnc1. The van der Waals surface area contributed by atoms with Gasteiger partial charge in [0.1, 0.15) is 5.75 Å². The molecule has 3 unspecified atom stereocenters. The predicted octanol–water partition coefficient (Wildman–Crippen LogP) is 3.02. The van der Waals surface area contributed by atoms with E-state index in [1.807, 2.05) is 24.4 Å². The van der Waals surface area contributed by atoms with E-state index < -0.39 is 16.1 Å². The summed E-state index contributed by atoms with van der Waals surface area (Å²) in [5, 5.41) is 13.1. The Morgan fingerprint density at radius 2 is 1.92 bits per heavy atom. The van der Waals surface area contributed by atoms with E-state index in [2.05, 4.69) is 15.0 Å². The molecule has 37 heavy (non-hydrogen) atoms. The molecular formula is C28H34N4O4S. The van der Waals surface area contributed by atoms with Crippen LogP contribution in [-0.4, -0.2) is 43.0 Å². The van der Waals surface area contributed by atoms with E-state index in [1.54, 1.807) is 48.7 Å². The highest BCUT2D eigenvalue weighted by Crippen LogP contribution is 2.36. The molecule has 1 amide bonds. The van der Waals surface area contributed by atoms with E-state index >= 15 is 0 Å². The first-order chi connectivity index (χ1) is 17.8. The van der Waals surface area contributed by atoms with Crippen molar-refractivity contribution < 1.29 is 18.3 Å². The Kier molecular flexibility index (Phi) is 8.91. The lowest BCUT2D eigenvalue weighted by molar-refractivity contribution is -0.123. The van der Waals surface area contributed by atoms with Gasteiger partial charge in [0.2, 0.25) is 15.9 Å². The maximum absolute atomic E-state index is 13.0. The molecule has 0 spiro atoms. The summed E-state index contributed by atoms with van der Waals surface area (Å²) in [6.07, 6.45) is 7.47. The van der Waals surface area contributed by atoms with Crippen LogP contribution in [0, 0.1) is 0 Å². The van der Waals surface area contributed by atoms with E-state index in [9.17, 15) is 18.3 Å². The second kappa shape index (κ2) is 12.3. The molecule has 1 aliphatic rings. The quantitative estimate of drug-likeness (QED) is 0.286. The number of nitrogens with two attached hydrogens (primary N) is 1. The van der Waals surface area contributed by atoms with E-state index in [1.165, 1.54) is 0 Å². The van der Waals surface area contributed by atoms with Gasteiger partial charge in [-0.3, -0.25) is 9.78 Å². The Morgan fingerprint density at radius 3 is 2.68 bits per heavy atom. The van der Waals surface area contributed by atoms with E-state index in [0.717, 1.165) is 29.5 Å². The number of aromatic hydroxyl groups is 1. The van der Waals surface area contributed by atoms with Gasteiger partial charge in [0.15, 0.2) is 0 Å². The summed E-state index contributed by atoms with van der Waals surface area (Å²) in [5.74, 6) is 0.0832. The highest BCUT2D eigenvalue weighted by atomic mass is 32.2. The molecule has 3 aromatic rings. The molecule has 1 heterocycles. The fraction of sp³-hybridized carbons (Fsp3) is 0.357. The largest absolute Gasteiger partial charge is 0.508 e. The second-order valence-electron chi connectivity index (χ2n) is 9.52. The molecule has 8 nitrogen and oxygen atoms in total.